The summed E-state index contributed by atoms with van der Waals surface area (Å²) < 4.78 is 94.7. The minimum atomic E-state index is -5.03. The van der Waals surface area contributed by atoms with E-state index in [0.717, 1.165) is 4.90 Å². The number of benzene rings is 2. The number of nitrogens with one attached hydrogen (secondary N) is 1. The Labute approximate surface area is 244 Å². The van der Waals surface area contributed by atoms with Crippen LogP contribution >= 0.6 is 12.4 Å². The molecule has 6 nitrogen and oxygen atoms in total. The number of urea groups is 1. The number of piperidine rings is 1. The number of nitrogens with zero attached hydrogens (tertiary/aromatic N) is 2. The van der Waals surface area contributed by atoms with E-state index in [2.05, 4.69) is 5.32 Å². The van der Waals surface area contributed by atoms with Gasteiger partial charge in [0.05, 0.1) is 29.3 Å². The lowest BCUT2D eigenvalue weighted by Crippen LogP contribution is -2.57. The van der Waals surface area contributed by atoms with E-state index in [1.165, 1.54) is 31.0 Å². The lowest BCUT2D eigenvalue weighted by atomic mass is 9.79. The van der Waals surface area contributed by atoms with Gasteiger partial charge in [0.25, 0.3) is 0 Å². The van der Waals surface area contributed by atoms with E-state index in [-0.39, 0.29) is 30.6 Å². The van der Waals surface area contributed by atoms with Crippen molar-refractivity contribution in [2.24, 2.45) is 5.73 Å². The highest BCUT2D eigenvalue weighted by Gasteiger charge is 2.48. The molecule has 2 heterocycles. The van der Waals surface area contributed by atoms with E-state index in [1.807, 2.05) is 0 Å². The molecule has 2 aliphatic rings. The average Bonchev–Trinajstić information content (AvgIpc) is 3.29. The van der Waals surface area contributed by atoms with Crippen LogP contribution in [0.25, 0.3) is 0 Å². The summed E-state index contributed by atoms with van der Waals surface area (Å²) in [4.78, 5) is 28.3. The van der Waals surface area contributed by atoms with Crippen LogP contribution in [0.2, 0.25) is 0 Å². The lowest BCUT2D eigenvalue weighted by Gasteiger charge is -2.47. The molecular weight excluding hydrogens is 593 g/mol. The summed E-state index contributed by atoms with van der Waals surface area (Å²) in [6.07, 6.45) is -8.16. The lowest BCUT2D eigenvalue weighted by molar-refractivity contribution is -0.143. The molecule has 3 amide bonds. The second-order valence-electron chi connectivity index (χ2n) is 11.0. The Hall–Kier alpha value is -3.06. The number of nitrogens with two attached hydrogens (primary N) is 1. The van der Waals surface area contributed by atoms with Crippen LogP contribution in [0, 0.1) is 12.7 Å². The van der Waals surface area contributed by atoms with Crippen LogP contribution in [0.3, 0.4) is 0 Å². The maximum Gasteiger partial charge on any atom is 0.416 e. The van der Waals surface area contributed by atoms with Crippen molar-refractivity contribution in [3.63, 3.8) is 0 Å². The molecule has 2 aromatic rings. The Bertz CT molecular complexity index is 1300. The van der Waals surface area contributed by atoms with Gasteiger partial charge in [-0.1, -0.05) is 6.07 Å². The van der Waals surface area contributed by atoms with Gasteiger partial charge >= 0.3 is 18.4 Å². The van der Waals surface area contributed by atoms with Gasteiger partial charge in [-0.25, -0.2) is 9.18 Å². The number of amides is 3. The first-order valence-electron chi connectivity index (χ1n) is 13.1. The fourth-order valence-corrected chi connectivity index (χ4v) is 5.91. The normalized spacial score (nSPS) is 23.4. The van der Waals surface area contributed by atoms with Crippen molar-refractivity contribution in [1.29, 1.82) is 0 Å². The van der Waals surface area contributed by atoms with E-state index < -0.39 is 64.9 Å². The maximum absolute atomic E-state index is 13.9. The molecule has 4 atom stereocenters. The summed E-state index contributed by atoms with van der Waals surface area (Å²) >= 11 is 0. The van der Waals surface area contributed by atoms with Crippen LogP contribution in [0.5, 0.6) is 0 Å². The molecule has 42 heavy (non-hydrogen) atoms. The number of alkyl halides is 6. The fraction of sp³-hybridized carbons (Fsp3) is 0.500. The van der Waals surface area contributed by atoms with Crippen molar-refractivity contribution in [3.8, 4) is 0 Å². The first-order chi connectivity index (χ1) is 18.9. The summed E-state index contributed by atoms with van der Waals surface area (Å²) in [7, 11) is 1.32. The summed E-state index contributed by atoms with van der Waals surface area (Å²) in [5.41, 5.74) is 2.91. The first-order valence-corrected chi connectivity index (χ1v) is 13.1. The van der Waals surface area contributed by atoms with E-state index in [9.17, 15) is 40.3 Å². The number of likely N-dealkylation sites (tertiary alicyclic amines) is 1. The number of rotatable bonds is 4. The van der Waals surface area contributed by atoms with Crippen molar-refractivity contribution in [1.82, 2.24) is 15.1 Å². The largest absolute Gasteiger partial charge is 0.416 e. The average molecular weight is 625 g/mol. The molecule has 0 aliphatic carbocycles. The van der Waals surface area contributed by atoms with Crippen molar-refractivity contribution in [2.45, 2.75) is 75.5 Å². The Balaban J connectivity index is 0.00000484. The van der Waals surface area contributed by atoms with Gasteiger partial charge in [0, 0.05) is 19.1 Å². The highest BCUT2D eigenvalue weighted by Crippen LogP contribution is 2.44. The summed E-state index contributed by atoms with van der Waals surface area (Å²) in [5.74, 6) is -0.971. The minimum absolute atomic E-state index is 0. The monoisotopic (exact) mass is 624 g/mol. The standard InChI is InChI=1S/C28H31F7N4O2.ClH/c1-15-10-20(29)4-5-21(15)23-14-26(7-6-22(37-26)24(36)40)8-9-39(23)25(41)38(3)16(2)17-11-18(27(30,31)32)13-19(12-17)28(33,34)35;/h4-5,10-13,16,22-23,37H,6-9,14H2,1-3H3,(H2,36,40);1H/t16-,22+,23-,26+;/m1./s1. The van der Waals surface area contributed by atoms with Gasteiger partial charge < -0.3 is 20.9 Å². The summed E-state index contributed by atoms with van der Waals surface area (Å²) in [6, 6.07) is 2.49. The molecule has 2 aromatic carbocycles. The quantitative estimate of drug-likeness (QED) is 0.380. The van der Waals surface area contributed by atoms with Crippen molar-refractivity contribution in [3.05, 3.63) is 70.0 Å². The first kappa shape index (κ1) is 33.4. The van der Waals surface area contributed by atoms with E-state index in [0.29, 0.717) is 48.9 Å². The third-order valence-corrected chi connectivity index (χ3v) is 8.34. The molecule has 2 saturated heterocycles. The van der Waals surface area contributed by atoms with E-state index in [1.54, 1.807) is 13.0 Å². The van der Waals surface area contributed by atoms with Gasteiger partial charge in [-0.15, -0.1) is 12.4 Å². The van der Waals surface area contributed by atoms with Crippen molar-refractivity contribution in [2.75, 3.05) is 13.6 Å². The molecule has 1 spiro atoms. The number of hydrogen-bond donors (Lipinski definition) is 2. The Morgan fingerprint density at radius 2 is 1.64 bits per heavy atom. The fourth-order valence-electron chi connectivity index (χ4n) is 5.91. The number of hydrogen-bond acceptors (Lipinski definition) is 3. The Morgan fingerprint density at radius 1 is 1.05 bits per heavy atom. The number of carbonyl (C=O) groups excluding carboxylic acids is 2. The predicted molar refractivity (Wildman–Crippen MR) is 143 cm³/mol. The van der Waals surface area contributed by atoms with Crippen molar-refractivity contribution < 1.29 is 40.3 Å². The second-order valence-corrected chi connectivity index (χ2v) is 11.0. The highest BCUT2D eigenvalue weighted by atomic mass is 35.5. The summed E-state index contributed by atoms with van der Waals surface area (Å²) in [6.45, 7) is 3.21. The third-order valence-electron chi connectivity index (χ3n) is 8.34. The highest BCUT2D eigenvalue weighted by molar-refractivity contribution is 5.85. The molecule has 14 heteroatoms. The molecule has 2 fully saturated rings. The molecule has 3 N–H and O–H groups in total. The molecule has 0 unspecified atom stereocenters. The van der Waals surface area contributed by atoms with E-state index >= 15 is 0 Å². The van der Waals surface area contributed by atoms with Crippen LogP contribution in [0.1, 0.15) is 72.5 Å². The number of carbonyl (C=O) groups is 2. The number of halogens is 8. The zero-order valence-electron chi connectivity index (χ0n) is 23.1. The predicted octanol–water partition coefficient (Wildman–Crippen LogP) is 6.52. The van der Waals surface area contributed by atoms with Crippen LogP contribution in [0.4, 0.5) is 35.5 Å². The minimum Gasteiger partial charge on any atom is -0.368 e. The van der Waals surface area contributed by atoms with Crippen LogP contribution in [0.15, 0.2) is 36.4 Å². The van der Waals surface area contributed by atoms with Gasteiger partial charge in [-0.2, -0.15) is 26.3 Å². The zero-order chi connectivity index (χ0) is 30.5. The molecule has 0 saturated carbocycles. The Morgan fingerprint density at radius 3 is 2.14 bits per heavy atom. The molecule has 4 rings (SSSR count). The smallest absolute Gasteiger partial charge is 0.368 e. The SMILES string of the molecule is Cc1cc(F)ccc1[C@H]1C[C@]2(CC[C@@H](C(N)=O)N2)CCN1C(=O)N(C)[C@H](C)c1cc(C(F)(F)F)cc(C(F)(F)F)c1.Cl. The van der Waals surface area contributed by atoms with Gasteiger partial charge in [0.2, 0.25) is 5.91 Å². The number of aryl methyl sites for hydroxylation is 1. The van der Waals surface area contributed by atoms with E-state index in [4.69, 9.17) is 5.73 Å². The zero-order valence-corrected chi connectivity index (χ0v) is 23.9. The van der Waals surface area contributed by atoms with Crippen molar-refractivity contribution >= 4 is 24.3 Å². The molecule has 0 bridgehead atoms. The molecular formula is C28H32ClF7N4O2. The third kappa shape index (κ3) is 6.77. The summed E-state index contributed by atoms with van der Waals surface area (Å²) in [5, 5.41) is 3.30. The van der Waals surface area contributed by atoms with Gasteiger partial charge in [-0.05, 0) is 86.6 Å². The molecule has 232 valence electrons. The van der Waals surface area contributed by atoms with Crippen LogP contribution in [-0.2, 0) is 17.1 Å². The van der Waals surface area contributed by atoms with Crippen LogP contribution < -0.4 is 11.1 Å². The van der Waals surface area contributed by atoms with Crippen LogP contribution in [-0.4, -0.2) is 46.9 Å². The maximum atomic E-state index is 13.9. The van der Waals surface area contributed by atoms with Gasteiger partial charge in [-0.3, -0.25) is 4.79 Å². The molecule has 2 aliphatic heterocycles. The van der Waals surface area contributed by atoms with Gasteiger partial charge in [0.15, 0.2) is 0 Å². The second kappa shape index (κ2) is 11.9. The molecule has 0 radical (unpaired) electrons. The van der Waals surface area contributed by atoms with Gasteiger partial charge in [0.1, 0.15) is 5.82 Å². The molecule has 0 aromatic heterocycles. The Kier molecular flexibility index (Phi) is 9.48. The topological polar surface area (TPSA) is 78.7 Å². The number of primary amides is 1.